The maximum absolute atomic E-state index is 12.7. The van der Waals surface area contributed by atoms with Crippen molar-refractivity contribution in [2.24, 2.45) is 0 Å². The van der Waals surface area contributed by atoms with Gasteiger partial charge in [0.2, 0.25) is 0 Å². The molecule has 4 rings (SSSR count). The summed E-state index contributed by atoms with van der Waals surface area (Å²) in [5.41, 5.74) is 3.27. The molecule has 1 aromatic carbocycles. The maximum atomic E-state index is 12.7. The second-order valence-corrected chi connectivity index (χ2v) is 5.99. The van der Waals surface area contributed by atoms with Gasteiger partial charge in [-0.15, -0.1) is 0 Å². The van der Waals surface area contributed by atoms with Gasteiger partial charge in [0, 0.05) is 17.8 Å². The zero-order chi connectivity index (χ0) is 18.1. The van der Waals surface area contributed by atoms with E-state index >= 15 is 0 Å². The van der Waals surface area contributed by atoms with Crippen LogP contribution in [-0.2, 0) is 12.6 Å². The van der Waals surface area contributed by atoms with Crippen LogP contribution in [0.3, 0.4) is 0 Å². The fourth-order valence-corrected chi connectivity index (χ4v) is 2.91. The summed E-state index contributed by atoms with van der Waals surface area (Å²) in [5, 5.41) is 1.01. The maximum Gasteiger partial charge on any atom is 0.416 e. The number of H-pyrrole nitrogens is 1. The van der Waals surface area contributed by atoms with Crippen molar-refractivity contribution in [3.05, 3.63) is 83.7 Å². The summed E-state index contributed by atoms with van der Waals surface area (Å²) in [4.78, 5) is 12.1. The van der Waals surface area contributed by atoms with Gasteiger partial charge in [0.1, 0.15) is 5.65 Å². The minimum atomic E-state index is -4.33. The zero-order valence-corrected chi connectivity index (χ0v) is 13.6. The number of halogens is 3. The van der Waals surface area contributed by atoms with Gasteiger partial charge in [0.05, 0.1) is 17.0 Å². The number of nitrogens with zero attached hydrogens (tertiary/aromatic N) is 2. The number of benzene rings is 1. The van der Waals surface area contributed by atoms with Gasteiger partial charge >= 0.3 is 6.18 Å². The summed E-state index contributed by atoms with van der Waals surface area (Å²) in [7, 11) is 0. The van der Waals surface area contributed by atoms with Crippen molar-refractivity contribution in [3.63, 3.8) is 0 Å². The molecule has 0 atom stereocenters. The van der Waals surface area contributed by atoms with Crippen LogP contribution < -0.4 is 0 Å². The van der Waals surface area contributed by atoms with Crippen LogP contribution in [0.1, 0.15) is 16.7 Å². The Bertz CT molecular complexity index is 1050. The Morgan fingerprint density at radius 1 is 0.923 bits per heavy atom. The predicted octanol–water partition coefficient (Wildman–Crippen LogP) is 5.23. The van der Waals surface area contributed by atoms with Crippen molar-refractivity contribution in [1.29, 1.82) is 0 Å². The molecule has 130 valence electrons. The van der Waals surface area contributed by atoms with E-state index in [1.807, 2.05) is 36.5 Å². The average molecular weight is 353 g/mol. The number of aromatic amines is 1. The summed E-state index contributed by atoms with van der Waals surface area (Å²) < 4.78 is 38.1. The molecule has 26 heavy (non-hydrogen) atoms. The minimum absolute atomic E-state index is 0.478. The van der Waals surface area contributed by atoms with Crippen molar-refractivity contribution in [3.8, 4) is 11.4 Å². The molecule has 0 radical (unpaired) electrons. The Balaban J connectivity index is 1.67. The first-order valence-corrected chi connectivity index (χ1v) is 8.05. The van der Waals surface area contributed by atoms with Crippen LogP contribution in [0.2, 0.25) is 0 Å². The molecule has 0 unspecified atom stereocenters. The molecule has 0 fully saturated rings. The number of fused-ring (bicyclic) bond motifs is 1. The van der Waals surface area contributed by atoms with Crippen molar-refractivity contribution in [1.82, 2.24) is 15.0 Å². The van der Waals surface area contributed by atoms with Crippen molar-refractivity contribution < 1.29 is 13.2 Å². The fourth-order valence-electron chi connectivity index (χ4n) is 2.91. The molecular weight excluding hydrogens is 339 g/mol. The highest BCUT2D eigenvalue weighted by atomic mass is 19.4. The minimum Gasteiger partial charge on any atom is -0.346 e. The van der Waals surface area contributed by atoms with E-state index in [-0.39, 0.29) is 0 Å². The van der Waals surface area contributed by atoms with Crippen LogP contribution in [0.25, 0.3) is 22.4 Å². The first-order chi connectivity index (χ1) is 12.5. The van der Waals surface area contributed by atoms with Crippen molar-refractivity contribution in [2.75, 3.05) is 0 Å². The number of aromatic nitrogens is 3. The number of nitrogens with one attached hydrogen (secondary N) is 1. The van der Waals surface area contributed by atoms with E-state index in [4.69, 9.17) is 0 Å². The molecule has 0 aliphatic carbocycles. The van der Waals surface area contributed by atoms with Gasteiger partial charge in [-0.05, 0) is 53.9 Å². The Morgan fingerprint density at radius 3 is 2.50 bits per heavy atom. The lowest BCUT2D eigenvalue weighted by Crippen LogP contribution is -2.04. The van der Waals surface area contributed by atoms with Crippen LogP contribution >= 0.6 is 0 Å². The highest BCUT2D eigenvalue weighted by Gasteiger charge is 2.29. The normalized spacial score (nSPS) is 11.8. The van der Waals surface area contributed by atoms with Gasteiger partial charge in [0.15, 0.2) is 0 Å². The van der Waals surface area contributed by atoms with Crippen molar-refractivity contribution in [2.45, 2.75) is 12.6 Å². The third-order valence-corrected chi connectivity index (χ3v) is 4.22. The predicted molar refractivity (Wildman–Crippen MR) is 93.6 cm³/mol. The summed E-state index contributed by atoms with van der Waals surface area (Å²) in [5.74, 6) is 0. The summed E-state index contributed by atoms with van der Waals surface area (Å²) in [6.45, 7) is 0. The average Bonchev–Trinajstić information content (AvgIpc) is 3.09. The van der Waals surface area contributed by atoms with Gasteiger partial charge < -0.3 is 4.98 Å². The molecule has 3 heterocycles. The van der Waals surface area contributed by atoms with E-state index < -0.39 is 11.7 Å². The number of hydrogen-bond acceptors (Lipinski definition) is 2. The monoisotopic (exact) mass is 353 g/mol. The second-order valence-electron chi connectivity index (χ2n) is 5.99. The quantitative estimate of drug-likeness (QED) is 0.548. The first-order valence-electron chi connectivity index (χ1n) is 8.05. The van der Waals surface area contributed by atoms with Crippen LogP contribution in [-0.4, -0.2) is 15.0 Å². The molecule has 4 aromatic rings. The molecule has 3 nitrogen and oxygen atoms in total. The topological polar surface area (TPSA) is 41.6 Å². The lowest BCUT2D eigenvalue weighted by atomic mass is 10.0. The highest BCUT2D eigenvalue weighted by molar-refractivity contribution is 5.78. The molecular formula is C20H14F3N3. The van der Waals surface area contributed by atoms with Crippen molar-refractivity contribution >= 4 is 11.0 Å². The Morgan fingerprint density at radius 2 is 1.73 bits per heavy atom. The van der Waals surface area contributed by atoms with Crippen LogP contribution in [0.15, 0.2) is 67.0 Å². The third kappa shape index (κ3) is 3.18. The smallest absolute Gasteiger partial charge is 0.346 e. The van der Waals surface area contributed by atoms with Gasteiger partial charge in [-0.3, -0.25) is 4.98 Å². The molecule has 6 heteroatoms. The molecule has 3 aromatic heterocycles. The van der Waals surface area contributed by atoms with Gasteiger partial charge in [-0.25, -0.2) is 4.98 Å². The summed E-state index contributed by atoms with van der Waals surface area (Å²) in [6.07, 6.45) is -0.339. The van der Waals surface area contributed by atoms with Gasteiger partial charge in [0.25, 0.3) is 0 Å². The number of rotatable bonds is 3. The number of hydrogen-bond donors (Lipinski definition) is 1. The van der Waals surface area contributed by atoms with E-state index in [1.165, 1.54) is 12.1 Å². The molecule has 0 saturated heterocycles. The highest BCUT2D eigenvalue weighted by Crippen LogP contribution is 2.30. The number of pyridine rings is 2. The molecule has 1 N–H and O–H groups in total. The van der Waals surface area contributed by atoms with Gasteiger partial charge in [-0.2, -0.15) is 13.2 Å². The zero-order valence-electron chi connectivity index (χ0n) is 13.6. The second kappa shape index (κ2) is 6.29. The Labute approximate surface area is 147 Å². The van der Waals surface area contributed by atoms with Crippen LogP contribution in [0.4, 0.5) is 13.2 Å². The van der Waals surface area contributed by atoms with Gasteiger partial charge in [-0.1, -0.05) is 18.2 Å². The largest absolute Gasteiger partial charge is 0.416 e. The van der Waals surface area contributed by atoms with E-state index in [9.17, 15) is 13.2 Å². The molecule has 0 amide bonds. The summed E-state index contributed by atoms with van der Waals surface area (Å²) in [6, 6.07) is 14.7. The fraction of sp³-hybridized carbons (Fsp3) is 0.100. The van der Waals surface area contributed by atoms with Crippen LogP contribution in [0.5, 0.6) is 0 Å². The Hall–Kier alpha value is -3.15. The molecule has 0 aliphatic heterocycles. The van der Waals surface area contributed by atoms with Crippen LogP contribution in [0, 0.1) is 0 Å². The van der Waals surface area contributed by atoms with E-state index in [1.54, 1.807) is 6.20 Å². The number of alkyl halides is 3. The SMILES string of the molecule is FC(F)(F)c1ccc(Cc2cccnc2-c2ccc3cc[nH]c3n2)cc1. The Kier molecular flexibility index (Phi) is 3.95. The van der Waals surface area contributed by atoms with E-state index in [0.717, 1.165) is 45.7 Å². The standard InChI is InChI=1S/C20H14F3N3/c21-20(22,23)16-6-3-13(4-7-16)12-15-2-1-10-24-18(15)17-8-5-14-9-11-25-19(14)26-17/h1-11H,12H2,(H,25,26). The third-order valence-electron chi connectivity index (χ3n) is 4.22. The summed E-state index contributed by atoms with van der Waals surface area (Å²) >= 11 is 0. The molecule has 0 spiro atoms. The lowest BCUT2D eigenvalue weighted by Gasteiger charge is -2.10. The molecule has 0 saturated carbocycles. The first kappa shape index (κ1) is 16.3. The van der Waals surface area contributed by atoms with E-state index in [2.05, 4.69) is 15.0 Å². The lowest BCUT2D eigenvalue weighted by molar-refractivity contribution is -0.137. The molecule has 0 aliphatic rings. The van der Waals surface area contributed by atoms with E-state index in [0.29, 0.717) is 6.42 Å². The molecule has 0 bridgehead atoms.